The number of aromatic nitrogens is 1. The van der Waals surface area contributed by atoms with E-state index in [0.29, 0.717) is 24.7 Å². The number of aryl methyl sites for hydroxylation is 1. The number of nitrogens with zero attached hydrogens (tertiary/aromatic N) is 2. The molecular formula is C19H21F2N3O2S. The number of benzene rings is 1. The van der Waals surface area contributed by atoms with Gasteiger partial charge in [0.2, 0.25) is 5.56 Å². The molecular weight excluding hydrogens is 372 g/mol. The van der Waals surface area contributed by atoms with Crippen molar-refractivity contribution < 1.29 is 13.1 Å². The molecule has 0 saturated carbocycles. The molecule has 0 radical (unpaired) electrons. The number of rotatable bonds is 4. The Balaban J connectivity index is 1.53. The molecule has 0 unspecified atom stereocenters. The largest absolute Gasteiger partial charge is 0.325 e. The maximum Gasteiger partial charge on any atom is 0.321 e. The van der Waals surface area contributed by atoms with Crippen molar-refractivity contribution >= 4 is 23.9 Å². The molecule has 1 aromatic heterocycles. The molecule has 1 aliphatic heterocycles. The van der Waals surface area contributed by atoms with Crippen LogP contribution in [0.25, 0.3) is 0 Å². The van der Waals surface area contributed by atoms with Crippen LogP contribution in [0.2, 0.25) is 0 Å². The third kappa shape index (κ3) is 4.88. The summed E-state index contributed by atoms with van der Waals surface area (Å²) in [6.07, 6.45) is 3.98. The molecule has 1 aliphatic rings. The van der Waals surface area contributed by atoms with E-state index in [-0.39, 0.29) is 28.6 Å². The van der Waals surface area contributed by atoms with Crippen LogP contribution in [0.1, 0.15) is 18.4 Å². The first-order chi connectivity index (χ1) is 13.0. The van der Waals surface area contributed by atoms with Gasteiger partial charge >= 0.3 is 6.03 Å². The molecule has 2 amide bonds. The second-order valence-electron chi connectivity index (χ2n) is 6.77. The maximum absolute atomic E-state index is 13.4. The number of hydrogen-bond acceptors (Lipinski definition) is 3. The number of halogens is 2. The van der Waals surface area contributed by atoms with Gasteiger partial charge in [-0.2, -0.15) is 3.89 Å². The second-order valence-corrected chi connectivity index (χ2v) is 7.37. The van der Waals surface area contributed by atoms with Crippen LogP contribution >= 0.6 is 12.1 Å². The lowest BCUT2D eigenvalue weighted by Crippen LogP contribution is -2.41. The quantitative estimate of drug-likeness (QED) is 0.855. The molecule has 2 aromatic rings. The van der Waals surface area contributed by atoms with Crippen molar-refractivity contribution in [2.45, 2.75) is 24.2 Å². The minimum absolute atomic E-state index is 0.0153. The van der Waals surface area contributed by atoms with Gasteiger partial charge in [-0.25, -0.2) is 9.18 Å². The van der Waals surface area contributed by atoms with E-state index in [2.05, 4.69) is 5.32 Å². The van der Waals surface area contributed by atoms with E-state index in [1.165, 1.54) is 16.7 Å². The van der Waals surface area contributed by atoms with Gasteiger partial charge in [0.05, 0.1) is 22.7 Å². The van der Waals surface area contributed by atoms with Gasteiger partial charge in [-0.3, -0.25) is 4.79 Å². The van der Waals surface area contributed by atoms with E-state index in [1.807, 2.05) is 0 Å². The summed E-state index contributed by atoms with van der Waals surface area (Å²) in [5.74, 6) is -0.175. The smallest absolute Gasteiger partial charge is 0.321 e. The zero-order valence-corrected chi connectivity index (χ0v) is 15.8. The van der Waals surface area contributed by atoms with E-state index in [4.69, 9.17) is 0 Å². The van der Waals surface area contributed by atoms with Crippen molar-refractivity contribution in [2.75, 3.05) is 18.4 Å². The Morgan fingerprint density at radius 3 is 2.67 bits per heavy atom. The van der Waals surface area contributed by atoms with Gasteiger partial charge in [-0.05, 0) is 48.9 Å². The number of carbonyl (C=O) groups is 1. The van der Waals surface area contributed by atoms with Gasteiger partial charge in [0.1, 0.15) is 5.82 Å². The van der Waals surface area contributed by atoms with Crippen LogP contribution in [0.15, 0.2) is 46.2 Å². The Bertz CT molecular complexity index is 879. The van der Waals surface area contributed by atoms with Gasteiger partial charge in [-0.15, -0.1) is 0 Å². The molecule has 144 valence electrons. The Labute approximate surface area is 160 Å². The summed E-state index contributed by atoms with van der Waals surface area (Å²) in [5.41, 5.74) is 1.35. The monoisotopic (exact) mass is 393 g/mol. The van der Waals surface area contributed by atoms with Gasteiger partial charge in [-0.1, -0.05) is 6.07 Å². The van der Waals surface area contributed by atoms with Crippen LogP contribution in [0.5, 0.6) is 0 Å². The van der Waals surface area contributed by atoms with Gasteiger partial charge < -0.3 is 14.8 Å². The normalized spacial score (nSPS) is 15.0. The summed E-state index contributed by atoms with van der Waals surface area (Å²) in [4.78, 5) is 25.6. The highest BCUT2D eigenvalue weighted by Crippen LogP contribution is 2.27. The molecule has 0 spiro atoms. The first-order valence-electron chi connectivity index (χ1n) is 8.76. The van der Waals surface area contributed by atoms with Crippen molar-refractivity contribution in [3.8, 4) is 0 Å². The summed E-state index contributed by atoms with van der Waals surface area (Å²) in [6.45, 7) is 1.24. The molecule has 5 nitrogen and oxygen atoms in total. The van der Waals surface area contributed by atoms with Crippen LogP contribution in [-0.4, -0.2) is 28.6 Å². The fourth-order valence-corrected chi connectivity index (χ4v) is 3.62. The second kappa shape index (κ2) is 8.56. The van der Waals surface area contributed by atoms with Crippen LogP contribution in [0.4, 0.5) is 18.8 Å². The Morgan fingerprint density at radius 2 is 2.00 bits per heavy atom. The Kier molecular flexibility index (Phi) is 6.15. The first-order valence-corrected chi connectivity index (χ1v) is 9.47. The zero-order valence-electron chi connectivity index (χ0n) is 15.0. The molecule has 8 heteroatoms. The summed E-state index contributed by atoms with van der Waals surface area (Å²) in [5, 5.41) is 2.81. The first kappa shape index (κ1) is 19.4. The average Bonchev–Trinajstić information content (AvgIpc) is 2.67. The molecule has 0 bridgehead atoms. The lowest BCUT2D eigenvalue weighted by Gasteiger charge is -2.32. The number of hydrogen-bond donors (Lipinski definition) is 1. The van der Waals surface area contributed by atoms with Crippen LogP contribution in [0, 0.1) is 11.7 Å². The van der Waals surface area contributed by atoms with Crippen molar-refractivity contribution in [2.24, 2.45) is 13.0 Å². The van der Waals surface area contributed by atoms with Crippen molar-refractivity contribution in [3.63, 3.8) is 0 Å². The molecule has 1 fully saturated rings. The summed E-state index contributed by atoms with van der Waals surface area (Å²) in [7, 11) is 1.63. The lowest BCUT2D eigenvalue weighted by molar-refractivity contribution is 0.182. The topological polar surface area (TPSA) is 54.3 Å². The number of amides is 2. The fraction of sp³-hybridized carbons (Fsp3) is 0.368. The van der Waals surface area contributed by atoms with E-state index >= 15 is 0 Å². The highest BCUT2D eigenvalue weighted by atomic mass is 32.2. The summed E-state index contributed by atoms with van der Waals surface area (Å²) < 4.78 is 27.5. The number of anilines is 1. The maximum atomic E-state index is 13.4. The highest BCUT2D eigenvalue weighted by molar-refractivity contribution is 7.94. The lowest BCUT2D eigenvalue weighted by atomic mass is 9.90. The standard InChI is InChI=1S/C19H21F2N3O2S/c1-23-12-15(3-5-18(23)25)22-19(26)24-8-6-13(7-9-24)10-14-2-4-16(20)17(11-14)27-21/h2-5,11-13H,6-10H2,1H3,(H,22,26). The molecule has 1 N–H and O–H groups in total. The Morgan fingerprint density at radius 1 is 1.26 bits per heavy atom. The molecule has 2 heterocycles. The third-order valence-electron chi connectivity index (χ3n) is 4.84. The predicted molar refractivity (Wildman–Crippen MR) is 102 cm³/mol. The van der Waals surface area contributed by atoms with E-state index in [9.17, 15) is 17.9 Å². The number of pyridine rings is 1. The van der Waals surface area contributed by atoms with Crippen LogP contribution in [0.3, 0.4) is 0 Å². The minimum Gasteiger partial charge on any atom is -0.325 e. The van der Waals surface area contributed by atoms with E-state index in [0.717, 1.165) is 24.8 Å². The van der Waals surface area contributed by atoms with Gasteiger partial charge in [0.15, 0.2) is 0 Å². The molecule has 1 saturated heterocycles. The predicted octanol–water partition coefficient (Wildman–Crippen LogP) is 3.99. The molecule has 27 heavy (non-hydrogen) atoms. The summed E-state index contributed by atoms with van der Waals surface area (Å²) in [6, 6.07) is 7.35. The number of urea groups is 1. The van der Waals surface area contributed by atoms with Crippen LogP contribution < -0.4 is 10.9 Å². The van der Waals surface area contributed by atoms with Crippen molar-refractivity contribution in [3.05, 3.63) is 58.3 Å². The summed E-state index contributed by atoms with van der Waals surface area (Å²) >= 11 is -0.0788. The van der Waals surface area contributed by atoms with E-state index < -0.39 is 5.82 Å². The van der Waals surface area contributed by atoms with Gasteiger partial charge in [0.25, 0.3) is 0 Å². The SMILES string of the molecule is Cn1cc(NC(=O)N2CCC(Cc3ccc(F)c(SF)c3)CC2)ccc1=O. The molecule has 0 aliphatic carbocycles. The molecule has 0 atom stereocenters. The van der Waals surface area contributed by atoms with Gasteiger partial charge in [0, 0.05) is 32.4 Å². The fourth-order valence-electron chi connectivity index (χ4n) is 3.28. The third-order valence-corrected chi connectivity index (χ3v) is 5.32. The van der Waals surface area contributed by atoms with Crippen molar-refractivity contribution in [1.82, 2.24) is 9.47 Å². The van der Waals surface area contributed by atoms with Crippen LogP contribution in [-0.2, 0) is 13.5 Å². The minimum atomic E-state index is -0.545. The zero-order chi connectivity index (χ0) is 19.4. The van der Waals surface area contributed by atoms with E-state index in [1.54, 1.807) is 36.3 Å². The number of nitrogens with one attached hydrogen (secondary N) is 1. The molecule has 1 aromatic carbocycles. The Hall–Kier alpha value is -2.35. The molecule has 3 rings (SSSR count). The average molecular weight is 393 g/mol. The van der Waals surface area contributed by atoms with Crippen molar-refractivity contribution in [1.29, 1.82) is 0 Å². The number of piperidine rings is 1. The number of likely N-dealkylation sites (tertiary alicyclic amines) is 1. The highest BCUT2D eigenvalue weighted by Gasteiger charge is 2.23. The number of carbonyl (C=O) groups excluding carboxylic acids is 1.